The number of amides is 3. The van der Waals surface area contributed by atoms with Gasteiger partial charge in [0.05, 0.1) is 42.7 Å². The molecule has 2 saturated heterocycles. The number of carbonyl (C=O) groups is 4. The molecule has 2 aromatic heterocycles. The lowest BCUT2D eigenvalue weighted by Crippen LogP contribution is -2.37. The zero-order chi connectivity index (χ0) is 43.6. The molecule has 17 nitrogen and oxygen atoms in total. The molecule has 2 fully saturated rings. The zero-order valence-corrected chi connectivity index (χ0v) is 33.7. The molecular formula is C45H38N10O7. The summed E-state index contributed by atoms with van der Waals surface area (Å²) in [5.41, 5.74) is 6.62. The average molecular weight is 831 g/mol. The Morgan fingerprint density at radius 3 is 1.55 bits per heavy atom. The first-order valence-corrected chi connectivity index (χ1v) is 18.6. The van der Waals surface area contributed by atoms with E-state index in [1.807, 2.05) is 0 Å². The van der Waals surface area contributed by atoms with Crippen LogP contribution in [-0.4, -0.2) is 109 Å². The third kappa shape index (κ3) is 8.14. The van der Waals surface area contributed by atoms with Gasteiger partial charge in [0, 0.05) is 61.9 Å². The van der Waals surface area contributed by atoms with Gasteiger partial charge < -0.3 is 36.6 Å². The first-order chi connectivity index (χ1) is 29.2. The fourth-order valence-electron chi connectivity index (χ4n) is 6.89. The number of rotatable bonds is 4. The Bertz CT molecular complexity index is 3040. The van der Waals surface area contributed by atoms with Crippen LogP contribution >= 0.6 is 0 Å². The first kappa shape index (κ1) is 43.3. The highest BCUT2D eigenvalue weighted by atomic mass is 16.5. The molecule has 2 atom stereocenters. The van der Waals surface area contributed by atoms with Crippen LogP contribution in [0.1, 0.15) is 44.9 Å². The minimum Gasteiger partial charge on any atom is -0.464 e. The van der Waals surface area contributed by atoms with Crippen LogP contribution < -0.4 is 11.9 Å². The second-order valence-corrected chi connectivity index (χ2v) is 14.3. The Hall–Kier alpha value is -8.32. The number of likely N-dealkylation sites (tertiary alicyclic amines) is 2. The molecule has 310 valence electrons. The van der Waals surface area contributed by atoms with Crippen molar-refractivity contribution < 1.29 is 34.1 Å². The number of aromatic nitrogens is 4. The van der Waals surface area contributed by atoms with Crippen molar-refractivity contribution >= 4 is 56.9 Å². The van der Waals surface area contributed by atoms with Crippen LogP contribution in [-0.2, 0) is 14.3 Å². The summed E-state index contributed by atoms with van der Waals surface area (Å²) in [6.07, 6.45) is 0.501. The van der Waals surface area contributed by atoms with Crippen molar-refractivity contribution in [2.45, 2.75) is 24.0 Å². The molecule has 0 unspecified atom stereocenters. The molecule has 2 aliphatic rings. The van der Waals surface area contributed by atoms with E-state index in [1.165, 1.54) is 21.6 Å². The Morgan fingerprint density at radius 1 is 0.726 bits per heavy atom. The summed E-state index contributed by atoms with van der Waals surface area (Å²) in [6, 6.07) is 23.8. The standard InChI is InChI=1S/C23H18N4O4.C22H17N5O3.H3N/c1-24-16-7-8-18-19(14-16)27(25-20(18)21(28)31-3)17-6-4-5-15(13-17)9-10-23(30)11-12-26(2)22(23)29;1-24-15-6-7-17-18(13-15)27(25-19(17)20(23)28)16-5-3-4-14(12-16)8-9-22(30)10-11-26(2)21(22)29;/h4-8,13-14,30H,11-12H2,2-3H3;3-7,12-13,30H,10-11H2,2H3,(H2,23,28);1H3/t23-;22-;/m00./s1. The normalized spacial score (nSPS) is 17.7. The number of ether oxygens (including phenoxy) is 1. The van der Waals surface area contributed by atoms with Gasteiger partial charge >= 0.3 is 5.97 Å². The van der Waals surface area contributed by atoms with E-state index >= 15 is 0 Å². The van der Waals surface area contributed by atoms with Crippen molar-refractivity contribution in [1.29, 1.82) is 0 Å². The Kier molecular flexibility index (Phi) is 11.9. The van der Waals surface area contributed by atoms with Crippen LogP contribution in [0.4, 0.5) is 11.4 Å². The lowest BCUT2D eigenvalue weighted by molar-refractivity contribution is -0.138. The molecule has 0 bridgehead atoms. The van der Waals surface area contributed by atoms with Crippen LogP contribution in [0.3, 0.4) is 0 Å². The number of hydrogen-bond acceptors (Lipinski definition) is 10. The highest BCUT2D eigenvalue weighted by Crippen LogP contribution is 2.29. The van der Waals surface area contributed by atoms with Crippen LogP contribution in [0.15, 0.2) is 84.9 Å². The monoisotopic (exact) mass is 830 g/mol. The van der Waals surface area contributed by atoms with Crippen molar-refractivity contribution in [3.05, 3.63) is 130 Å². The molecular weight excluding hydrogens is 793 g/mol. The lowest BCUT2D eigenvalue weighted by Gasteiger charge is -2.13. The van der Waals surface area contributed by atoms with Gasteiger partial charge in [-0.05, 0) is 48.5 Å². The van der Waals surface area contributed by atoms with Gasteiger partial charge in [0.1, 0.15) is 0 Å². The van der Waals surface area contributed by atoms with E-state index in [4.69, 9.17) is 23.6 Å². The summed E-state index contributed by atoms with van der Waals surface area (Å²) in [5, 5.41) is 30.8. The van der Waals surface area contributed by atoms with Crippen molar-refractivity contribution in [2.24, 2.45) is 5.73 Å². The lowest BCUT2D eigenvalue weighted by atomic mass is 10.0. The van der Waals surface area contributed by atoms with Gasteiger partial charge in [-0.3, -0.25) is 14.4 Å². The largest absolute Gasteiger partial charge is 0.464 e. The van der Waals surface area contributed by atoms with E-state index in [-0.39, 0.29) is 30.4 Å². The number of primary amides is 1. The number of benzene rings is 4. The molecule has 3 amide bonds. The molecule has 7 N–H and O–H groups in total. The van der Waals surface area contributed by atoms with Crippen molar-refractivity contribution in [3.8, 4) is 35.1 Å². The number of aliphatic hydroxyl groups is 2. The number of esters is 1. The Balaban J connectivity index is 0.000000204. The van der Waals surface area contributed by atoms with Crippen LogP contribution in [0.25, 0.3) is 42.9 Å². The predicted molar refractivity (Wildman–Crippen MR) is 228 cm³/mol. The SMILES string of the molecule is N.[C-]#[N+]c1ccc2c(C(=O)OC)nn(-c3cccc(C#C[C@]4(O)CCN(C)C4=O)c3)c2c1.[C-]#[N+]c1ccc2c(C(N)=O)nn(-c3cccc(C#C[C@]4(O)CCN(C)C4=O)c3)c2c1. The quantitative estimate of drug-likeness (QED) is 0.113. The zero-order valence-electron chi connectivity index (χ0n) is 33.7. The molecule has 4 heterocycles. The summed E-state index contributed by atoms with van der Waals surface area (Å²) >= 11 is 0. The summed E-state index contributed by atoms with van der Waals surface area (Å²) in [5.74, 6) is 9.02. The number of nitrogens with two attached hydrogens (primary N) is 1. The van der Waals surface area contributed by atoms with E-state index in [2.05, 4.69) is 43.6 Å². The second-order valence-electron chi connectivity index (χ2n) is 14.3. The maximum atomic E-state index is 12.2. The molecule has 8 rings (SSSR count). The number of likely N-dealkylation sites (N-methyl/N-ethyl adjacent to an activating group) is 2. The minimum absolute atomic E-state index is 0. The highest BCUT2D eigenvalue weighted by Gasteiger charge is 2.43. The van der Waals surface area contributed by atoms with Gasteiger partial charge in [-0.15, -0.1) is 0 Å². The third-order valence-electron chi connectivity index (χ3n) is 10.2. The highest BCUT2D eigenvalue weighted by molar-refractivity contribution is 6.05. The van der Waals surface area contributed by atoms with Gasteiger partial charge in [0.25, 0.3) is 17.7 Å². The first-order valence-electron chi connectivity index (χ1n) is 18.6. The maximum Gasteiger partial charge on any atom is 0.359 e. The van der Waals surface area contributed by atoms with E-state index < -0.39 is 34.9 Å². The van der Waals surface area contributed by atoms with Gasteiger partial charge in [-0.25, -0.2) is 23.8 Å². The van der Waals surface area contributed by atoms with E-state index in [9.17, 15) is 29.4 Å². The molecule has 4 aromatic carbocycles. The van der Waals surface area contributed by atoms with Crippen LogP contribution in [0, 0.1) is 36.8 Å². The third-order valence-corrected chi connectivity index (χ3v) is 10.2. The van der Waals surface area contributed by atoms with Crippen molar-refractivity contribution in [2.75, 3.05) is 34.3 Å². The second kappa shape index (κ2) is 17.1. The summed E-state index contributed by atoms with van der Waals surface area (Å²) in [4.78, 5) is 58.0. The summed E-state index contributed by atoms with van der Waals surface area (Å²) in [6.45, 7) is 15.4. The maximum absolute atomic E-state index is 12.2. The molecule has 62 heavy (non-hydrogen) atoms. The number of fused-ring (bicyclic) bond motifs is 2. The molecule has 0 radical (unpaired) electrons. The van der Waals surface area contributed by atoms with Crippen molar-refractivity contribution in [3.63, 3.8) is 0 Å². The van der Waals surface area contributed by atoms with E-state index in [1.54, 1.807) is 104 Å². The van der Waals surface area contributed by atoms with Gasteiger partial charge in [0.15, 0.2) is 22.8 Å². The van der Waals surface area contributed by atoms with Crippen molar-refractivity contribution in [1.82, 2.24) is 35.5 Å². The minimum atomic E-state index is -1.69. The topological polar surface area (TPSA) is 230 Å². The summed E-state index contributed by atoms with van der Waals surface area (Å²) < 4.78 is 7.91. The van der Waals surface area contributed by atoms with Crippen LogP contribution in [0.2, 0.25) is 0 Å². The number of nitrogens with zero attached hydrogens (tertiary/aromatic N) is 8. The molecule has 6 aromatic rings. The predicted octanol–water partition coefficient (Wildman–Crippen LogP) is 4.09. The molecule has 0 aliphatic carbocycles. The smallest absolute Gasteiger partial charge is 0.359 e. The van der Waals surface area contributed by atoms with Gasteiger partial charge in [-0.2, -0.15) is 10.2 Å². The van der Waals surface area contributed by atoms with Gasteiger partial charge in [-0.1, -0.05) is 60.1 Å². The fourth-order valence-corrected chi connectivity index (χ4v) is 6.89. The van der Waals surface area contributed by atoms with E-state index in [0.29, 0.717) is 68.8 Å². The summed E-state index contributed by atoms with van der Waals surface area (Å²) in [7, 11) is 4.53. The molecule has 2 aliphatic heterocycles. The van der Waals surface area contributed by atoms with Crippen LogP contribution in [0.5, 0.6) is 0 Å². The Labute approximate surface area is 355 Å². The number of methoxy groups -OCH3 is 1. The molecule has 0 saturated carbocycles. The van der Waals surface area contributed by atoms with Gasteiger partial charge in [0.2, 0.25) is 11.2 Å². The fraction of sp³-hybridized carbons (Fsp3) is 0.200. The molecule has 17 heteroatoms. The number of hydrogen-bond donors (Lipinski definition) is 4. The molecule has 0 spiro atoms. The average Bonchev–Trinajstić information content (AvgIpc) is 4.00. The Morgan fingerprint density at radius 2 is 1.16 bits per heavy atom. The van der Waals surface area contributed by atoms with E-state index in [0.717, 1.165) is 0 Å². The number of carbonyl (C=O) groups excluding carboxylic acids is 4.